The Balaban J connectivity index is 1.79. The third-order valence-electron chi connectivity index (χ3n) is 9.10. The number of nitrogens with zero attached hydrogens (tertiary/aromatic N) is 3. The first kappa shape index (κ1) is 35.5. The molecule has 0 aliphatic carbocycles. The minimum atomic E-state index is -2.02. The van der Waals surface area contributed by atoms with E-state index in [1.807, 2.05) is 36.0 Å². The van der Waals surface area contributed by atoms with E-state index in [1.165, 1.54) is 23.5 Å². The fourth-order valence-corrected chi connectivity index (χ4v) is 11.0. The largest absolute Gasteiger partial charge is 0.411 e. The van der Waals surface area contributed by atoms with E-state index in [-0.39, 0.29) is 14.5 Å². The molecule has 1 atom stereocenters. The van der Waals surface area contributed by atoms with Gasteiger partial charge in [-0.25, -0.2) is 4.98 Å². The van der Waals surface area contributed by atoms with E-state index < -0.39 is 8.32 Å². The summed E-state index contributed by atoms with van der Waals surface area (Å²) >= 11 is 13.2. The Morgan fingerprint density at radius 2 is 1.82 bits per heavy atom. The molecule has 2 aromatic carbocycles. The van der Waals surface area contributed by atoms with Crippen molar-refractivity contribution in [2.75, 3.05) is 17.8 Å². The highest BCUT2D eigenvalue weighted by atomic mass is 35.5. The summed E-state index contributed by atoms with van der Waals surface area (Å²) in [5.41, 5.74) is 4.95. The fourth-order valence-electron chi connectivity index (χ4n) is 5.36. The maximum atomic E-state index is 9.72. The first-order valence-corrected chi connectivity index (χ1v) is 22.3. The molecular weight excluding hydrogens is 638 g/mol. The van der Waals surface area contributed by atoms with Crippen LogP contribution in [-0.4, -0.2) is 39.0 Å². The van der Waals surface area contributed by atoms with Crippen molar-refractivity contribution in [3.8, 4) is 17.2 Å². The number of thioether (sulfide) groups is 3. The quantitative estimate of drug-likeness (QED) is 0.167. The van der Waals surface area contributed by atoms with E-state index >= 15 is 0 Å². The van der Waals surface area contributed by atoms with Gasteiger partial charge in [0, 0.05) is 6.42 Å². The van der Waals surface area contributed by atoms with Crippen molar-refractivity contribution >= 4 is 55.2 Å². The van der Waals surface area contributed by atoms with Gasteiger partial charge in [0.2, 0.25) is 0 Å². The molecule has 1 fully saturated rings. The molecular formula is C35H48ClN3OS3Si. The third-order valence-corrected chi connectivity index (χ3v) is 19.4. The molecule has 4 nitrogen and oxygen atoms in total. The molecule has 1 aliphatic rings. The normalized spacial score (nSPS) is 16.1. The van der Waals surface area contributed by atoms with Crippen molar-refractivity contribution in [1.29, 1.82) is 5.26 Å². The van der Waals surface area contributed by atoms with Crippen molar-refractivity contribution in [2.45, 2.75) is 100 Å². The maximum absolute atomic E-state index is 9.72. The molecule has 0 saturated carbocycles. The number of hydrogen-bond donors (Lipinski definition) is 0. The van der Waals surface area contributed by atoms with Gasteiger partial charge in [0.1, 0.15) is 9.24 Å². The molecule has 0 amide bonds. The molecule has 238 valence electrons. The predicted octanol–water partition coefficient (Wildman–Crippen LogP) is 11.2. The molecule has 1 aliphatic heterocycles. The average Bonchev–Trinajstić information content (AvgIpc) is 3.33. The maximum Gasteiger partial charge on any atom is 0.192 e. The van der Waals surface area contributed by atoms with Gasteiger partial charge >= 0.3 is 0 Å². The molecule has 1 saturated heterocycles. The zero-order valence-electron chi connectivity index (χ0n) is 27.4. The second kappa shape index (κ2) is 15.5. The van der Waals surface area contributed by atoms with E-state index in [2.05, 4.69) is 105 Å². The van der Waals surface area contributed by atoms with Gasteiger partial charge in [0.05, 0.1) is 30.0 Å². The topological polar surface area (TPSA) is 50.8 Å². The second-order valence-corrected chi connectivity index (χ2v) is 22.9. The zero-order chi connectivity index (χ0) is 32.0. The minimum absolute atomic E-state index is 0.0762. The van der Waals surface area contributed by atoms with Crippen molar-refractivity contribution < 1.29 is 4.43 Å². The summed E-state index contributed by atoms with van der Waals surface area (Å²) in [4.78, 5) is 4.99. The molecule has 4 rings (SSSR count). The zero-order valence-corrected chi connectivity index (χ0v) is 31.6. The molecule has 0 N–H and O–H groups in total. The number of benzene rings is 2. The average molecular weight is 687 g/mol. The summed E-state index contributed by atoms with van der Waals surface area (Å²) in [7, 11) is -2.02. The molecule has 44 heavy (non-hydrogen) atoms. The van der Waals surface area contributed by atoms with Gasteiger partial charge in [-0.1, -0.05) is 88.2 Å². The Labute approximate surface area is 284 Å². The minimum Gasteiger partial charge on any atom is -0.411 e. The van der Waals surface area contributed by atoms with Crippen LogP contribution in [0.4, 0.5) is 0 Å². The highest BCUT2D eigenvalue weighted by Gasteiger charge is 2.39. The Kier molecular flexibility index (Phi) is 12.5. The Hall–Kier alpha value is -1.34. The van der Waals surface area contributed by atoms with Crippen LogP contribution < -0.4 is 0 Å². The fraction of sp³-hybridized carbons (Fsp3) is 0.543. The van der Waals surface area contributed by atoms with Crippen molar-refractivity contribution in [2.24, 2.45) is 0 Å². The molecule has 9 heteroatoms. The smallest absolute Gasteiger partial charge is 0.192 e. The Bertz CT molecular complexity index is 1420. The number of nitriles is 1. The van der Waals surface area contributed by atoms with Gasteiger partial charge in [-0.15, -0.1) is 35.3 Å². The van der Waals surface area contributed by atoms with Gasteiger partial charge < -0.3 is 8.99 Å². The Morgan fingerprint density at radius 3 is 2.43 bits per heavy atom. The van der Waals surface area contributed by atoms with Crippen LogP contribution >= 0.6 is 46.9 Å². The van der Waals surface area contributed by atoms with E-state index in [0.717, 1.165) is 54.7 Å². The number of aromatic nitrogens is 2. The van der Waals surface area contributed by atoms with Crippen molar-refractivity contribution in [1.82, 2.24) is 9.55 Å². The van der Waals surface area contributed by atoms with E-state index in [9.17, 15) is 5.26 Å². The molecule has 2 heterocycles. The van der Waals surface area contributed by atoms with Crippen LogP contribution in [0.3, 0.4) is 0 Å². The molecule has 0 bridgehead atoms. The second-order valence-electron chi connectivity index (χ2n) is 13.1. The lowest BCUT2D eigenvalue weighted by Gasteiger charge is -2.37. The standard InChI is InChI=1S/C35H48ClN3OS3Si/c1-8-9-15-32-38-33(36)31(25-40-44(6,7)34(2,3)4)39(32)30(20-21-35(41-5)42-22-12-23-43-35)27-18-16-26(17-19-27)29-14-11-10-13-28(29)24-37/h10-11,13-14,16-19,30H,8-9,12,15,20-23,25H2,1-7H3. The van der Waals surface area contributed by atoms with Gasteiger partial charge in [-0.05, 0) is 84.3 Å². The van der Waals surface area contributed by atoms with E-state index in [1.54, 1.807) is 0 Å². The van der Waals surface area contributed by atoms with Gasteiger partial charge in [-0.3, -0.25) is 0 Å². The Morgan fingerprint density at radius 1 is 1.14 bits per heavy atom. The highest BCUT2D eigenvalue weighted by Crippen LogP contribution is 2.53. The lowest BCUT2D eigenvalue weighted by atomic mass is 9.95. The summed E-state index contributed by atoms with van der Waals surface area (Å²) in [6, 6.07) is 19.1. The number of unbranched alkanes of at least 4 members (excludes halogenated alkanes) is 1. The molecule has 3 aromatic rings. The van der Waals surface area contributed by atoms with E-state index in [4.69, 9.17) is 21.0 Å². The summed E-state index contributed by atoms with van der Waals surface area (Å²) in [5.74, 6) is 3.49. The first-order valence-electron chi connectivity index (χ1n) is 15.8. The number of rotatable bonds is 13. The van der Waals surface area contributed by atoms with Crippen molar-refractivity contribution in [3.63, 3.8) is 0 Å². The lowest BCUT2D eigenvalue weighted by Crippen LogP contribution is -2.40. The van der Waals surface area contributed by atoms with Crippen molar-refractivity contribution in [3.05, 3.63) is 76.3 Å². The number of imidazole rings is 1. The van der Waals surface area contributed by atoms with Gasteiger partial charge in [0.15, 0.2) is 13.5 Å². The van der Waals surface area contributed by atoms with Gasteiger partial charge in [-0.2, -0.15) is 5.26 Å². The van der Waals surface area contributed by atoms with Crippen LogP contribution in [0.5, 0.6) is 0 Å². The number of halogens is 1. The molecule has 0 radical (unpaired) electrons. The molecule has 1 aromatic heterocycles. The third kappa shape index (κ3) is 8.32. The summed E-state index contributed by atoms with van der Waals surface area (Å²) in [5, 5.41) is 10.4. The highest BCUT2D eigenvalue weighted by molar-refractivity contribution is 8.33. The molecule has 0 spiro atoms. The van der Waals surface area contributed by atoms with Crippen LogP contribution in [0.15, 0.2) is 48.5 Å². The number of aryl methyl sites for hydroxylation is 1. The number of hydrogen-bond acceptors (Lipinski definition) is 6. The van der Waals surface area contributed by atoms with Crippen LogP contribution in [-0.2, 0) is 17.5 Å². The lowest BCUT2D eigenvalue weighted by molar-refractivity contribution is 0.263. The SMILES string of the molecule is CCCCc1nc(Cl)c(CO[Si](C)(C)C(C)(C)C)n1C(CCC1(SC)SCCCS1)c1ccc(-c2ccccc2C#N)cc1. The van der Waals surface area contributed by atoms with Gasteiger partial charge in [0.25, 0.3) is 0 Å². The predicted molar refractivity (Wildman–Crippen MR) is 198 cm³/mol. The monoisotopic (exact) mass is 685 g/mol. The summed E-state index contributed by atoms with van der Waals surface area (Å²) < 4.78 is 9.39. The summed E-state index contributed by atoms with van der Waals surface area (Å²) in [6.07, 6.45) is 8.65. The van der Waals surface area contributed by atoms with Crippen LogP contribution in [0.1, 0.15) is 88.5 Å². The molecule has 1 unspecified atom stereocenters. The first-order chi connectivity index (χ1) is 20.9. The van der Waals surface area contributed by atoms with Crippen LogP contribution in [0.25, 0.3) is 11.1 Å². The van der Waals surface area contributed by atoms with E-state index in [0.29, 0.717) is 17.3 Å². The summed E-state index contributed by atoms with van der Waals surface area (Å²) in [6.45, 7) is 14.1. The van der Waals surface area contributed by atoms with Crippen LogP contribution in [0.2, 0.25) is 23.3 Å². The van der Waals surface area contributed by atoms with Crippen LogP contribution in [0, 0.1) is 11.3 Å².